The topological polar surface area (TPSA) is 0 Å². The second-order valence-electron chi connectivity index (χ2n) is 15.9. The maximum Gasteiger partial charge on any atom is 0.0719 e. The van der Waals surface area contributed by atoms with E-state index in [0.29, 0.717) is 0 Å². The average Bonchev–Trinajstić information content (AvgIpc) is 3.83. The molecule has 0 N–H and O–H groups in total. The molecule has 60 heavy (non-hydrogen) atoms. The molecule has 9 aromatic rings. The third-order valence-corrected chi connectivity index (χ3v) is 12.9. The van der Waals surface area contributed by atoms with Crippen LogP contribution in [-0.2, 0) is 10.8 Å². The van der Waals surface area contributed by atoms with Crippen LogP contribution in [0.4, 0.5) is 0 Å². The summed E-state index contributed by atoms with van der Waals surface area (Å²) < 4.78 is 0. The lowest BCUT2D eigenvalue weighted by atomic mass is 9.63. The lowest BCUT2D eigenvalue weighted by molar-refractivity contribution is 0.794. The van der Waals surface area contributed by atoms with Gasteiger partial charge in [0, 0.05) is 0 Å². The van der Waals surface area contributed by atoms with Crippen molar-refractivity contribution < 1.29 is 0 Å². The molecule has 0 spiro atoms. The van der Waals surface area contributed by atoms with Crippen molar-refractivity contribution >= 4 is 22.3 Å². The van der Waals surface area contributed by atoms with E-state index in [1.54, 1.807) is 0 Å². The third-order valence-electron chi connectivity index (χ3n) is 12.9. The van der Waals surface area contributed by atoms with Gasteiger partial charge in [-0.3, -0.25) is 0 Å². The van der Waals surface area contributed by atoms with E-state index >= 15 is 0 Å². The molecule has 282 valence electrons. The first kappa shape index (κ1) is 35.6. The van der Waals surface area contributed by atoms with Crippen LogP contribution in [0.15, 0.2) is 255 Å². The zero-order valence-corrected chi connectivity index (χ0v) is 33.2. The normalized spacial score (nSPS) is 18.0. The van der Waals surface area contributed by atoms with Crippen LogP contribution in [0.1, 0.15) is 66.8 Å². The molecule has 0 amide bonds. The Morgan fingerprint density at radius 1 is 0.200 bits per heavy atom. The Labute approximate surface area is 353 Å². The minimum atomic E-state index is -0.607. The predicted molar refractivity (Wildman–Crippen MR) is 250 cm³/mol. The minimum Gasteiger partial charge on any atom is -0.0622 e. The maximum atomic E-state index is 2.44. The van der Waals surface area contributed by atoms with E-state index in [0.717, 1.165) is 0 Å². The lowest BCUT2D eigenvalue weighted by Crippen LogP contribution is -2.31. The van der Waals surface area contributed by atoms with E-state index < -0.39 is 10.8 Å². The Morgan fingerprint density at radius 2 is 0.450 bits per heavy atom. The standard InChI is InChI=1S/C60H42/c1-7-23-43(24-8-1)55-51-35-19-21-37-53(51)59(47-31-15-5-16-32-47,57(55)45-27-11-3-12-28-45)49-39-41-50(42-40-49)60(48-33-17-6-18-34-48)54-38-22-20-36-52(54)56(44-25-9-2-10-26-44)58(60)46-29-13-4-14-30-46/h1-42H/t59-,60+. The predicted octanol–water partition coefficient (Wildman–Crippen LogP) is 14.3. The van der Waals surface area contributed by atoms with Crippen molar-refractivity contribution in [3.8, 4) is 0 Å². The molecule has 11 rings (SSSR count). The minimum absolute atomic E-state index is 0.607. The van der Waals surface area contributed by atoms with Gasteiger partial charge in [-0.25, -0.2) is 0 Å². The van der Waals surface area contributed by atoms with Gasteiger partial charge < -0.3 is 0 Å². The molecule has 0 nitrogen and oxygen atoms in total. The van der Waals surface area contributed by atoms with Crippen molar-refractivity contribution in [1.29, 1.82) is 0 Å². The number of allylic oxidation sites excluding steroid dienone is 2. The number of hydrogen-bond acceptors (Lipinski definition) is 0. The van der Waals surface area contributed by atoms with Gasteiger partial charge in [0.15, 0.2) is 0 Å². The zero-order chi connectivity index (χ0) is 39.9. The fourth-order valence-corrected chi connectivity index (χ4v) is 10.6. The van der Waals surface area contributed by atoms with Crippen molar-refractivity contribution in [1.82, 2.24) is 0 Å². The number of rotatable bonds is 8. The molecule has 9 aromatic carbocycles. The van der Waals surface area contributed by atoms with E-state index in [1.165, 1.54) is 89.1 Å². The summed E-state index contributed by atoms with van der Waals surface area (Å²) in [7, 11) is 0. The van der Waals surface area contributed by atoms with Gasteiger partial charge in [0.1, 0.15) is 0 Å². The smallest absolute Gasteiger partial charge is 0.0622 e. The van der Waals surface area contributed by atoms with Gasteiger partial charge in [-0.15, -0.1) is 0 Å². The van der Waals surface area contributed by atoms with Crippen LogP contribution in [0.3, 0.4) is 0 Å². The molecule has 2 atom stereocenters. The highest BCUT2D eigenvalue weighted by Crippen LogP contribution is 2.62. The number of hydrogen-bond donors (Lipinski definition) is 0. The van der Waals surface area contributed by atoms with Crippen LogP contribution in [0.2, 0.25) is 0 Å². The van der Waals surface area contributed by atoms with Crippen LogP contribution < -0.4 is 0 Å². The van der Waals surface area contributed by atoms with E-state index in [4.69, 9.17) is 0 Å². The first-order chi connectivity index (χ1) is 29.8. The molecule has 0 fully saturated rings. The van der Waals surface area contributed by atoms with Crippen molar-refractivity contribution in [2.24, 2.45) is 0 Å². The van der Waals surface area contributed by atoms with Gasteiger partial charge in [0.05, 0.1) is 10.8 Å². The second-order valence-corrected chi connectivity index (χ2v) is 15.9. The summed E-state index contributed by atoms with van der Waals surface area (Å²) in [6.45, 7) is 0. The van der Waals surface area contributed by atoms with Crippen LogP contribution in [0.5, 0.6) is 0 Å². The average molecular weight is 763 g/mol. The first-order valence-electron chi connectivity index (χ1n) is 20.9. The molecule has 2 aliphatic carbocycles. The molecule has 0 bridgehead atoms. The Balaban J connectivity index is 1.24. The van der Waals surface area contributed by atoms with Gasteiger partial charge in [0.2, 0.25) is 0 Å². The Hall–Kier alpha value is -7.54. The molecule has 0 heteroatoms. The summed E-state index contributed by atoms with van der Waals surface area (Å²) in [4.78, 5) is 0. The molecule has 0 heterocycles. The van der Waals surface area contributed by atoms with Crippen molar-refractivity contribution in [3.05, 3.63) is 322 Å². The quantitative estimate of drug-likeness (QED) is 0.145. The number of fused-ring (bicyclic) bond motifs is 2. The summed E-state index contributed by atoms with van der Waals surface area (Å²) in [5.41, 5.74) is 18.9. The SMILES string of the molecule is c1ccc(C2=C(c3ccccc3)[C@](c3ccccc3)(c3ccc([C@]4(c5ccccc5)C(c5ccccc5)=C(c5ccccc5)c5ccccc54)cc3)c3ccccc32)cc1. The molecule has 0 aromatic heterocycles. The summed E-state index contributed by atoms with van der Waals surface area (Å²) in [5.74, 6) is 0. The zero-order valence-electron chi connectivity index (χ0n) is 33.2. The summed E-state index contributed by atoms with van der Waals surface area (Å²) in [6, 6.07) is 94.3. The van der Waals surface area contributed by atoms with Gasteiger partial charge in [-0.1, -0.05) is 255 Å². The molecule has 0 aliphatic heterocycles. The van der Waals surface area contributed by atoms with Crippen LogP contribution in [0, 0.1) is 0 Å². The maximum absolute atomic E-state index is 2.44. The lowest BCUT2D eigenvalue weighted by Gasteiger charge is -2.38. The van der Waals surface area contributed by atoms with Gasteiger partial charge >= 0.3 is 0 Å². The fraction of sp³-hybridized carbons (Fsp3) is 0.0333. The third kappa shape index (κ3) is 5.31. The Kier molecular flexibility index (Phi) is 8.72. The molecule has 0 unspecified atom stereocenters. The van der Waals surface area contributed by atoms with Gasteiger partial charge in [0.25, 0.3) is 0 Å². The van der Waals surface area contributed by atoms with Crippen LogP contribution >= 0.6 is 0 Å². The molecular weight excluding hydrogens is 721 g/mol. The van der Waals surface area contributed by atoms with E-state index in [2.05, 4.69) is 255 Å². The largest absolute Gasteiger partial charge is 0.0719 e. The molecular formula is C60H42. The van der Waals surface area contributed by atoms with Crippen LogP contribution in [0.25, 0.3) is 22.3 Å². The highest BCUT2D eigenvalue weighted by atomic mass is 14.5. The molecule has 0 radical (unpaired) electrons. The first-order valence-corrected chi connectivity index (χ1v) is 20.9. The summed E-state index contributed by atoms with van der Waals surface area (Å²) in [6.07, 6.45) is 0. The molecule has 0 saturated heterocycles. The highest BCUT2D eigenvalue weighted by molar-refractivity contribution is 6.12. The van der Waals surface area contributed by atoms with E-state index in [9.17, 15) is 0 Å². The monoisotopic (exact) mass is 762 g/mol. The van der Waals surface area contributed by atoms with Gasteiger partial charge in [-0.05, 0) is 89.1 Å². The van der Waals surface area contributed by atoms with Gasteiger partial charge in [-0.2, -0.15) is 0 Å². The number of benzene rings is 9. The Bertz CT molecular complexity index is 2810. The summed E-state index contributed by atoms with van der Waals surface area (Å²) >= 11 is 0. The Morgan fingerprint density at radius 3 is 0.783 bits per heavy atom. The van der Waals surface area contributed by atoms with E-state index in [1.807, 2.05) is 0 Å². The van der Waals surface area contributed by atoms with Crippen molar-refractivity contribution in [2.45, 2.75) is 10.8 Å². The highest BCUT2D eigenvalue weighted by Gasteiger charge is 2.51. The van der Waals surface area contributed by atoms with Crippen LogP contribution in [-0.4, -0.2) is 0 Å². The second kappa shape index (κ2) is 14.7. The molecule has 2 aliphatic rings. The van der Waals surface area contributed by atoms with E-state index in [-0.39, 0.29) is 0 Å². The summed E-state index contributed by atoms with van der Waals surface area (Å²) in [5, 5.41) is 0. The van der Waals surface area contributed by atoms with Crippen molar-refractivity contribution in [3.63, 3.8) is 0 Å². The fourth-order valence-electron chi connectivity index (χ4n) is 10.6. The molecule has 0 saturated carbocycles. The van der Waals surface area contributed by atoms with Crippen molar-refractivity contribution in [2.75, 3.05) is 0 Å².